The summed E-state index contributed by atoms with van der Waals surface area (Å²) < 4.78 is 1.89. The first-order chi connectivity index (χ1) is 9.93. The van der Waals surface area contributed by atoms with Crippen molar-refractivity contribution in [2.24, 2.45) is 0 Å². The van der Waals surface area contributed by atoms with E-state index in [1.165, 1.54) is 11.8 Å². The first-order valence-corrected chi connectivity index (χ1v) is 7.96. The van der Waals surface area contributed by atoms with Crippen molar-refractivity contribution < 1.29 is 14.7 Å². The third-order valence-electron chi connectivity index (χ3n) is 2.85. The molecule has 0 saturated carbocycles. The van der Waals surface area contributed by atoms with Gasteiger partial charge in [-0.05, 0) is 20.3 Å². The van der Waals surface area contributed by atoms with E-state index in [9.17, 15) is 9.59 Å². The molecule has 0 spiro atoms. The lowest BCUT2D eigenvalue weighted by molar-refractivity contribution is -0.137. The Morgan fingerprint density at radius 2 is 2.19 bits per heavy atom. The maximum absolute atomic E-state index is 11.9. The van der Waals surface area contributed by atoms with E-state index in [0.29, 0.717) is 11.6 Å². The SMILES string of the molecule is CCCC(CC(=O)O)NC(=O)CSc1nncn1C(C)C. The van der Waals surface area contributed by atoms with Crippen molar-refractivity contribution in [3.8, 4) is 0 Å². The van der Waals surface area contributed by atoms with Crippen molar-refractivity contribution in [2.45, 2.75) is 57.3 Å². The highest BCUT2D eigenvalue weighted by Gasteiger charge is 2.16. The second kappa shape index (κ2) is 8.66. The van der Waals surface area contributed by atoms with Crippen LogP contribution in [0.2, 0.25) is 0 Å². The Bertz CT molecular complexity index is 476. The van der Waals surface area contributed by atoms with E-state index < -0.39 is 5.97 Å². The molecule has 0 aliphatic rings. The third kappa shape index (κ3) is 6.16. The predicted molar refractivity (Wildman–Crippen MR) is 80.2 cm³/mol. The minimum atomic E-state index is -0.902. The van der Waals surface area contributed by atoms with Gasteiger partial charge in [-0.1, -0.05) is 25.1 Å². The van der Waals surface area contributed by atoms with Crippen LogP contribution in [0.4, 0.5) is 0 Å². The van der Waals surface area contributed by atoms with Crippen molar-refractivity contribution in [2.75, 3.05) is 5.75 Å². The summed E-state index contributed by atoms with van der Waals surface area (Å²) in [7, 11) is 0. The summed E-state index contributed by atoms with van der Waals surface area (Å²) in [4.78, 5) is 22.7. The molecule has 0 radical (unpaired) electrons. The molecule has 1 aromatic heterocycles. The highest BCUT2D eigenvalue weighted by molar-refractivity contribution is 7.99. The number of amides is 1. The molecule has 21 heavy (non-hydrogen) atoms. The average molecular weight is 314 g/mol. The minimum absolute atomic E-state index is 0.0492. The lowest BCUT2D eigenvalue weighted by atomic mass is 10.1. The molecule has 0 bridgehead atoms. The van der Waals surface area contributed by atoms with Gasteiger partial charge >= 0.3 is 5.97 Å². The third-order valence-corrected chi connectivity index (χ3v) is 3.81. The van der Waals surface area contributed by atoms with Crippen molar-refractivity contribution in [3.63, 3.8) is 0 Å². The molecule has 2 N–H and O–H groups in total. The van der Waals surface area contributed by atoms with Crippen LogP contribution in [0.1, 0.15) is 46.1 Å². The first kappa shape index (κ1) is 17.5. The van der Waals surface area contributed by atoms with Gasteiger partial charge in [0.1, 0.15) is 6.33 Å². The van der Waals surface area contributed by atoms with Gasteiger partial charge in [0.2, 0.25) is 5.91 Å². The van der Waals surface area contributed by atoms with Crippen molar-refractivity contribution in [1.82, 2.24) is 20.1 Å². The van der Waals surface area contributed by atoms with Crippen molar-refractivity contribution >= 4 is 23.6 Å². The highest BCUT2D eigenvalue weighted by Crippen LogP contribution is 2.18. The van der Waals surface area contributed by atoms with Crippen molar-refractivity contribution in [3.05, 3.63) is 6.33 Å². The molecule has 0 aliphatic heterocycles. The number of thioether (sulfide) groups is 1. The van der Waals surface area contributed by atoms with E-state index in [2.05, 4.69) is 15.5 Å². The maximum Gasteiger partial charge on any atom is 0.305 e. The summed E-state index contributed by atoms with van der Waals surface area (Å²) in [5.41, 5.74) is 0. The Morgan fingerprint density at radius 3 is 2.76 bits per heavy atom. The molecule has 0 fully saturated rings. The largest absolute Gasteiger partial charge is 0.481 e. The van der Waals surface area contributed by atoms with Crippen LogP contribution in [-0.2, 0) is 9.59 Å². The van der Waals surface area contributed by atoms with Gasteiger partial charge in [0.25, 0.3) is 0 Å². The molecule has 7 nitrogen and oxygen atoms in total. The lowest BCUT2D eigenvalue weighted by Crippen LogP contribution is -2.37. The number of carboxylic acids is 1. The molecule has 1 aromatic rings. The van der Waals surface area contributed by atoms with Crippen LogP contribution in [0.25, 0.3) is 0 Å². The molecular weight excluding hydrogens is 292 g/mol. The minimum Gasteiger partial charge on any atom is -0.481 e. The topological polar surface area (TPSA) is 97.1 Å². The van der Waals surface area contributed by atoms with E-state index in [1.807, 2.05) is 25.3 Å². The number of aromatic nitrogens is 3. The van der Waals surface area contributed by atoms with Gasteiger partial charge in [-0.15, -0.1) is 10.2 Å². The molecule has 0 saturated heterocycles. The smallest absolute Gasteiger partial charge is 0.305 e. The molecule has 1 amide bonds. The van der Waals surface area contributed by atoms with Gasteiger partial charge in [-0.3, -0.25) is 9.59 Å². The molecule has 118 valence electrons. The zero-order valence-electron chi connectivity index (χ0n) is 12.6. The number of carbonyl (C=O) groups excluding carboxylic acids is 1. The van der Waals surface area contributed by atoms with Crippen LogP contribution in [0.15, 0.2) is 11.5 Å². The van der Waals surface area contributed by atoms with Gasteiger partial charge in [0, 0.05) is 12.1 Å². The number of nitrogens with one attached hydrogen (secondary N) is 1. The number of rotatable bonds is 9. The maximum atomic E-state index is 11.9. The second-order valence-corrected chi connectivity index (χ2v) is 6.00. The number of carbonyl (C=O) groups is 2. The van der Waals surface area contributed by atoms with E-state index in [0.717, 1.165) is 6.42 Å². The summed E-state index contributed by atoms with van der Waals surface area (Å²) in [6.45, 7) is 5.98. The Balaban J connectivity index is 2.48. The molecule has 1 rings (SSSR count). The highest BCUT2D eigenvalue weighted by atomic mass is 32.2. The van der Waals surface area contributed by atoms with Crippen LogP contribution in [-0.4, -0.2) is 43.5 Å². The average Bonchev–Trinajstić information content (AvgIpc) is 2.84. The molecule has 8 heteroatoms. The Labute approximate surface area is 128 Å². The van der Waals surface area contributed by atoms with E-state index in [-0.39, 0.29) is 30.2 Å². The number of carboxylic acid groups (broad SMARTS) is 1. The molecular formula is C13H22N4O3S. The molecule has 1 unspecified atom stereocenters. The van der Waals surface area contributed by atoms with Crippen LogP contribution in [0.5, 0.6) is 0 Å². The fourth-order valence-electron chi connectivity index (χ4n) is 1.87. The standard InChI is InChI=1S/C13H22N4O3S/c1-4-5-10(6-12(19)20)15-11(18)7-21-13-16-14-8-17(13)9(2)3/h8-10H,4-7H2,1-3H3,(H,15,18)(H,19,20). The van der Waals surface area contributed by atoms with Gasteiger partial charge in [-0.25, -0.2) is 0 Å². The number of hydrogen-bond acceptors (Lipinski definition) is 5. The van der Waals surface area contributed by atoms with E-state index in [4.69, 9.17) is 5.11 Å². The van der Waals surface area contributed by atoms with Gasteiger partial charge < -0.3 is 15.0 Å². The Hall–Kier alpha value is -1.57. The molecule has 0 aliphatic carbocycles. The zero-order valence-corrected chi connectivity index (χ0v) is 13.4. The van der Waals surface area contributed by atoms with Gasteiger partial charge in [0.15, 0.2) is 5.16 Å². The fourth-order valence-corrected chi connectivity index (χ4v) is 2.73. The zero-order chi connectivity index (χ0) is 15.8. The van der Waals surface area contributed by atoms with E-state index >= 15 is 0 Å². The second-order valence-electron chi connectivity index (χ2n) is 5.05. The van der Waals surface area contributed by atoms with Crippen LogP contribution in [0, 0.1) is 0 Å². The molecule has 1 atom stereocenters. The summed E-state index contributed by atoms with van der Waals surface area (Å²) in [5, 5.41) is 20.1. The van der Waals surface area contributed by atoms with Crippen LogP contribution in [0.3, 0.4) is 0 Å². The Kier molecular flexibility index (Phi) is 7.21. The number of nitrogens with zero attached hydrogens (tertiary/aromatic N) is 3. The summed E-state index contributed by atoms with van der Waals surface area (Å²) in [5.74, 6) is -0.885. The predicted octanol–water partition coefficient (Wildman–Crippen LogP) is 1.71. The van der Waals surface area contributed by atoms with E-state index in [1.54, 1.807) is 6.33 Å². The molecule has 0 aromatic carbocycles. The molecule has 1 heterocycles. The summed E-state index contributed by atoms with van der Waals surface area (Å²) >= 11 is 1.30. The lowest BCUT2D eigenvalue weighted by Gasteiger charge is -2.16. The fraction of sp³-hybridized carbons (Fsp3) is 0.692. The van der Waals surface area contributed by atoms with Crippen molar-refractivity contribution in [1.29, 1.82) is 0 Å². The normalized spacial score (nSPS) is 12.4. The Morgan fingerprint density at radius 1 is 1.48 bits per heavy atom. The monoisotopic (exact) mass is 314 g/mol. The summed E-state index contributed by atoms with van der Waals surface area (Å²) in [6.07, 6.45) is 3.07. The van der Waals surface area contributed by atoms with Gasteiger partial charge in [0.05, 0.1) is 12.2 Å². The summed E-state index contributed by atoms with van der Waals surface area (Å²) in [6, 6.07) is -0.0889. The first-order valence-electron chi connectivity index (χ1n) is 6.97. The number of hydrogen-bond donors (Lipinski definition) is 2. The van der Waals surface area contributed by atoms with Crippen LogP contribution < -0.4 is 5.32 Å². The quantitative estimate of drug-likeness (QED) is 0.674. The number of aliphatic carboxylic acids is 1. The van der Waals surface area contributed by atoms with Gasteiger partial charge in [-0.2, -0.15) is 0 Å². The van der Waals surface area contributed by atoms with Crippen LogP contribution >= 0.6 is 11.8 Å².